The number of anilines is 2. The summed E-state index contributed by atoms with van der Waals surface area (Å²) in [6.07, 6.45) is 0. The Hall–Kier alpha value is -3.35. The van der Waals surface area contributed by atoms with E-state index in [0.29, 0.717) is 22.5 Å². The first-order valence-corrected chi connectivity index (χ1v) is 8.58. The first-order chi connectivity index (χ1) is 12.8. The van der Waals surface area contributed by atoms with E-state index in [1.54, 1.807) is 55.5 Å². The summed E-state index contributed by atoms with van der Waals surface area (Å²) in [5, 5.41) is 17.2. The molecule has 0 radical (unpaired) electrons. The molecule has 0 saturated heterocycles. The minimum atomic E-state index is -0.933. The van der Waals surface area contributed by atoms with Crippen LogP contribution in [0.3, 0.4) is 0 Å². The molecule has 2 aromatic carbocycles. The molecule has 0 fully saturated rings. The first-order valence-electron chi connectivity index (χ1n) is 8.58. The van der Waals surface area contributed by atoms with Crippen molar-refractivity contribution < 1.29 is 19.5 Å². The lowest BCUT2D eigenvalue weighted by molar-refractivity contribution is -0.138. The van der Waals surface area contributed by atoms with Crippen molar-refractivity contribution >= 4 is 29.3 Å². The van der Waals surface area contributed by atoms with E-state index >= 15 is 0 Å². The van der Waals surface area contributed by atoms with Crippen molar-refractivity contribution in [1.29, 1.82) is 0 Å². The first kappa shape index (κ1) is 20.0. The predicted octanol–water partition coefficient (Wildman–Crippen LogP) is 3.66. The van der Waals surface area contributed by atoms with Gasteiger partial charge in [0, 0.05) is 23.0 Å². The van der Waals surface area contributed by atoms with Gasteiger partial charge in [0.15, 0.2) is 0 Å². The van der Waals surface area contributed by atoms with Gasteiger partial charge < -0.3 is 21.1 Å². The van der Waals surface area contributed by atoms with Gasteiger partial charge in [0.2, 0.25) is 0 Å². The van der Waals surface area contributed by atoms with E-state index < -0.39 is 11.9 Å². The molecule has 0 saturated carbocycles. The Labute approximate surface area is 157 Å². The van der Waals surface area contributed by atoms with E-state index in [4.69, 9.17) is 5.11 Å². The quantitative estimate of drug-likeness (QED) is 0.623. The molecule has 2 aromatic rings. The number of carboxylic acids is 1. The smallest absolute Gasteiger partial charge is 0.319 e. The molecule has 7 nitrogen and oxygen atoms in total. The van der Waals surface area contributed by atoms with E-state index in [1.807, 2.05) is 13.8 Å². The number of amides is 3. The summed E-state index contributed by atoms with van der Waals surface area (Å²) in [6.45, 7) is 5.28. The third kappa shape index (κ3) is 5.85. The third-order valence-corrected chi connectivity index (χ3v) is 3.82. The molecule has 7 heteroatoms. The Balaban J connectivity index is 2.10. The van der Waals surface area contributed by atoms with Crippen LogP contribution in [0.4, 0.5) is 16.2 Å². The maximum Gasteiger partial charge on any atom is 0.319 e. The zero-order valence-electron chi connectivity index (χ0n) is 15.4. The summed E-state index contributed by atoms with van der Waals surface area (Å²) < 4.78 is 0. The van der Waals surface area contributed by atoms with Crippen molar-refractivity contribution in [3.63, 3.8) is 0 Å². The average molecular weight is 369 g/mol. The Morgan fingerprint density at radius 3 is 2.15 bits per heavy atom. The van der Waals surface area contributed by atoms with Gasteiger partial charge in [-0.3, -0.25) is 9.59 Å². The monoisotopic (exact) mass is 369 g/mol. The molecular formula is C20H23N3O4. The van der Waals surface area contributed by atoms with Gasteiger partial charge in [-0.25, -0.2) is 4.79 Å². The van der Waals surface area contributed by atoms with Gasteiger partial charge in [-0.2, -0.15) is 0 Å². The van der Waals surface area contributed by atoms with Crippen molar-refractivity contribution in [1.82, 2.24) is 5.32 Å². The highest BCUT2D eigenvalue weighted by molar-refractivity contribution is 6.05. The van der Waals surface area contributed by atoms with Crippen LogP contribution in [-0.4, -0.2) is 29.1 Å². The average Bonchev–Trinajstić information content (AvgIpc) is 2.60. The van der Waals surface area contributed by atoms with Crippen molar-refractivity contribution in [3.05, 3.63) is 59.7 Å². The van der Waals surface area contributed by atoms with Gasteiger partial charge in [-0.15, -0.1) is 0 Å². The number of hydrogen-bond donors (Lipinski definition) is 4. The lowest BCUT2D eigenvalue weighted by atomic mass is 10.0. The van der Waals surface area contributed by atoms with Crippen molar-refractivity contribution in [2.24, 2.45) is 0 Å². The van der Waals surface area contributed by atoms with Crippen LogP contribution in [0.15, 0.2) is 48.5 Å². The van der Waals surface area contributed by atoms with Crippen LogP contribution < -0.4 is 16.0 Å². The standard InChI is InChI=1S/C20H23N3O4/c1-12(2)21-20(27)23-17-9-5-7-15(11-17)18(24)22-16-8-4-6-14(10-16)13(3)19(25)26/h4-13H,1-3H3,(H,22,24)(H,25,26)(H2,21,23,27). The Kier molecular flexibility index (Phi) is 6.54. The van der Waals surface area contributed by atoms with E-state index in [-0.39, 0.29) is 18.0 Å². The van der Waals surface area contributed by atoms with Crippen LogP contribution in [0.1, 0.15) is 42.6 Å². The number of nitrogens with one attached hydrogen (secondary N) is 3. The number of urea groups is 1. The van der Waals surface area contributed by atoms with Crippen molar-refractivity contribution in [2.45, 2.75) is 32.7 Å². The van der Waals surface area contributed by atoms with E-state index in [0.717, 1.165) is 0 Å². The van der Waals surface area contributed by atoms with Gasteiger partial charge in [-0.05, 0) is 56.7 Å². The number of hydrogen-bond acceptors (Lipinski definition) is 3. The number of carbonyl (C=O) groups is 3. The number of rotatable bonds is 6. The summed E-state index contributed by atoms with van der Waals surface area (Å²) in [6, 6.07) is 12.9. The zero-order chi connectivity index (χ0) is 20.0. The summed E-state index contributed by atoms with van der Waals surface area (Å²) in [7, 11) is 0. The maximum absolute atomic E-state index is 12.5. The molecule has 2 rings (SSSR count). The van der Waals surface area contributed by atoms with Crippen molar-refractivity contribution in [2.75, 3.05) is 10.6 Å². The van der Waals surface area contributed by atoms with Crippen LogP contribution in [0, 0.1) is 0 Å². The fourth-order valence-electron chi connectivity index (χ4n) is 2.40. The fraction of sp³-hybridized carbons (Fsp3) is 0.250. The molecule has 0 aliphatic heterocycles. The third-order valence-electron chi connectivity index (χ3n) is 3.82. The van der Waals surface area contributed by atoms with Gasteiger partial charge in [0.05, 0.1) is 5.92 Å². The summed E-state index contributed by atoms with van der Waals surface area (Å²) >= 11 is 0. The van der Waals surface area contributed by atoms with Crippen LogP contribution in [0.25, 0.3) is 0 Å². The fourth-order valence-corrected chi connectivity index (χ4v) is 2.40. The molecule has 0 aliphatic carbocycles. The molecular weight excluding hydrogens is 346 g/mol. The molecule has 3 amide bonds. The van der Waals surface area contributed by atoms with Crippen molar-refractivity contribution in [3.8, 4) is 0 Å². The lowest BCUT2D eigenvalue weighted by Crippen LogP contribution is -2.34. The Morgan fingerprint density at radius 1 is 0.889 bits per heavy atom. The second-order valence-corrected chi connectivity index (χ2v) is 6.47. The normalized spacial score (nSPS) is 11.6. The van der Waals surface area contributed by atoms with Crippen LogP contribution >= 0.6 is 0 Å². The van der Waals surface area contributed by atoms with Crippen LogP contribution in [-0.2, 0) is 4.79 Å². The number of carbonyl (C=O) groups excluding carboxylic acids is 2. The van der Waals surface area contributed by atoms with Gasteiger partial charge >= 0.3 is 12.0 Å². The molecule has 0 aliphatic rings. The molecule has 0 bridgehead atoms. The van der Waals surface area contributed by atoms with Gasteiger partial charge in [0.1, 0.15) is 0 Å². The summed E-state index contributed by atoms with van der Waals surface area (Å²) in [4.78, 5) is 35.4. The molecule has 1 atom stereocenters. The molecule has 142 valence electrons. The maximum atomic E-state index is 12.5. The highest BCUT2D eigenvalue weighted by Crippen LogP contribution is 2.20. The van der Waals surface area contributed by atoms with E-state index in [2.05, 4.69) is 16.0 Å². The number of carboxylic acid groups (broad SMARTS) is 1. The van der Waals surface area contributed by atoms with Crippen LogP contribution in [0.5, 0.6) is 0 Å². The SMILES string of the molecule is CC(C)NC(=O)Nc1cccc(C(=O)Nc2cccc(C(C)C(=O)O)c2)c1. The number of aliphatic carboxylic acids is 1. The minimum Gasteiger partial charge on any atom is -0.481 e. The molecule has 0 aromatic heterocycles. The topological polar surface area (TPSA) is 108 Å². The second-order valence-electron chi connectivity index (χ2n) is 6.47. The van der Waals surface area contributed by atoms with E-state index in [1.165, 1.54) is 0 Å². The Morgan fingerprint density at radius 2 is 1.52 bits per heavy atom. The summed E-state index contributed by atoms with van der Waals surface area (Å²) in [5.74, 6) is -1.96. The highest BCUT2D eigenvalue weighted by atomic mass is 16.4. The van der Waals surface area contributed by atoms with Crippen LogP contribution in [0.2, 0.25) is 0 Å². The molecule has 4 N–H and O–H groups in total. The molecule has 27 heavy (non-hydrogen) atoms. The molecule has 1 unspecified atom stereocenters. The molecule has 0 heterocycles. The van der Waals surface area contributed by atoms with Gasteiger partial charge in [0.25, 0.3) is 5.91 Å². The van der Waals surface area contributed by atoms with Gasteiger partial charge in [-0.1, -0.05) is 18.2 Å². The lowest BCUT2D eigenvalue weighted by Gasteiger charge is -2.12. The number of benzene rings is 2. The highest BCUT2D eigenvalue weighted by Gasteiger charge is 2.15. The van der Waals surface area contributed by atoms with E-state index in [9.17, 15) is 14.4 Å². The minimum absolute atomic E-state index is 0.00282. The second kappa shape index (κ2) is 8.84. The summed E-state index contributed by atoms with van der Waals surface area (Å²) in [5.41, 5.74) is 1.96. The molecule has 0 spiro atoms. The largest absolute Gasteiger partial charge is 0.481 e. The zero-order valence-corrected chi connectivity index (χ0v) is 15.4. The Bertz CT molecular complexity index is 849. The predicted molar refractivity (Wildman–Crippen MR) is 104 cm³/mol.